The molecule has 0 spiro atoms. The van der Waals surface area contributed by atoms with Crippen LogP contribution >= 0.6 is 0 Å². The largest absolute Gasteiger partial charge is 0.416 e. The Kier molecular flexibility index (Phi) is 5.14. The number of benzene rings is 1. The van der Waals surface area contributed by atoms with Gasteiger partial charge in [-0.15, -0.1) is 0 Å². The first-order valence-electron chi connectivity index (χ1n) is 6.93. The van der Waals surface area contributed by atoms with Gasteiger partial charge in [0.25, 0.3) is 10.1 Å². The summed E-state index contributed by atoms with van der Waals surface area (Å²) < 4.78 is 66.1. The molecule has 124 valence electrons. The molecular weight excluding hydrogens is 319 g/mol. The zero-order chi connectivity index (χ0) is 16.4. The molecule has 4 nitrogen and oxygen atoms in total. The number of hydrogen-bond donors (Lipinski definition) is 1. The second kappa shape index (κ2) is 6.55. The second-order valence-corrected chi connectivity index (χ2v) is 7.04. The van der Waals surface area contributed by atoms with Crippen LogP contribution in [-0.4, -0.2) is 33.4 Å². The van der Waals surface area contributed by atoms with Gasteiger partial charge >= 0.3 is 6.18 Å². The molecule has 8 heteroatoms. The number of halogens is 3. The zero-order valence-electron chi connectivity index (χ0n) is 12.1. The number of alkyl halides is 3. The van der Waals surface area contributed by atoms with Gasteiger partial charge < -0.3 is 5.32 Å². The molecule has 1 aliphatic heterocycles. The van der Waals surface area contributed by atoms with Gasteiger partial charge in [0.2, 0.25) is 0 Å². The molecule has 2 rings (SSSR count). The molecule has 1 heterocycles. The summed E-state index contributed by atoms with van der Waals surface area (Å²) >= 11 is 0. The first kappa shape index (κ1) is 17.2. The predicted molar refractivity (Wildman–Crippen MR) is 75.9 cm³/mol. The molecule has 1 saturated heterocycles. The van der Waals surface area contributed by atoms with Crippen LogP contribution in [0.15, 0.2) is 24.3 Å². The van der Waals surface area contributed by atoms with Crippen LogP contribution < -0.4 is 5.32 Å². The Morgan fingerprint density at radius 1 is 1.41 bits per heavy atom. The average Bonchev–Trinajstić information content (AvgIpc) is 2.89. The lowest BCUT2D eigenvalue weighted by molar-refractivity contribution is -0.137. The third-order valence-electron chi connectivity index (χ3n) is 3.54. The van der Waals surface area contributed by atoms with Crippen molar-refractivity contribution in [3.63, 3.8) is 0 Å². The van der Waals surface area contributed by atoms with Crippen molar-refractivity contribution >= 4 is 10.1 Å². The minimum atomic E-state index is -4.42. The fourth-order valence-corrected chi connectivity index (χ4v) is 3.25. The van der Waals surface area contributed by atoms with Gasteiger partial charge in [-0.25, -0.2) is 0 Å². The van der Waals surface area contributed by atoms with E-state index in [2.05, 4.69) is 5.32 Å². The van der Waals surface area contributed by atoms with Gasteiger partial charge in [0.05, 0.1) is 17.9 Å². The van der Waals surface area contributed by atoms with Gasteiger partial charge in [0, 0.05) is 12.5 Å². The Balaban J connectivity index is 2.19. The van der Waals surface area contributed by atoms with Crippen LogP contribution in [0.25, 0.3) is 0 Å². The summed E-state index contributed by atoms with van der Waals surface area (Å²) in [6, 6.07) is 4.71. The lowest BCUT2D eigenvalue weighted by Crippen LogP contribution is -2.39. The highest BCUT2D eigenvalue weighted by Crippen LogP contribution is 2.30. The van der Waals surface area contributed by atoms with Gasteiger partial charge in [0.1, 0.15) is 0 Å². The normalized spacial score (nSPS) is 21.0. The van der Waals surface area contributed by atoms with Crippen molar-refractivity contribution in [2.45, 2.75) is 37.6 Å². The van der Waals surface area contributed by atoms with E-state index in [9.17, 15) is 21.6 Å². The van der Waals surface area contributed by atoms with Crippen molar-refractivity contribution in [2.75, 3.05) is 12.8 Å². The topological polar surface area (TPSA) is 55.4 Å². The molecule has 1 N–H and O–H groups in total. The molecule has 1 aromatic rings. The second-order valence-electron chi connectivity index (χ2n) is 5.44. The van der Waals surface area contributed by atoms with Crippen molar-refractivity contribution in [1.82, 2.24) is 5.32 Å². The fraction of sp³-hybridized carbons (Fsp3) is 0.571. The Hall–Kier alpha value is -1.12. The molecule has 1 aliphatic rings. The molecule has 1 unspecified atom stereocenters. The van der Waals surface area contributed by atoms with Crippen molar-refractivity contribution in [3.05, 3.63) is 35.4 Å². The summed E-state index contributed by atoms with van der Waals surface area (Å²) in [5, 5.41) is 3.13. The van der Waals surface area contributed by atoms with Crippen LogP contribution in [0.3, 0.4) is 0 Å². The van der Waals surface area contributed by atoms with Crippen LogP contribution in [0, 0.1) is 0 Å². The van der Waals surface area contributed by atoms with Crippen molar-refractivity contribution in [3.8, 4) is 0 Å². The summed E-state index contributed by atoms with van der Waals surface area (Å²) in [6.45, 7) is 0.747. The molecule has 2 atom stereocenters. The summed E-state index contributed by atoms with van der Waals surface area (Å²) in [6.07, 6.45) is -2.46. The van der Waals surface area contributed by atoms with E-state index >= 15 is 0 Å². The maximum absolute atomic E-state index is 12.7. The van der Waals surface area contributed by atoms with Gasteiger partial charge in [-0.2, -0.15) is 21.6 Å². The highest BCUT2D eigenvalue weighted by molar-refractivity contribution is 7.86. The Morgan fingerprint density at radius 2 is 2.14 bits per heavy atom. The van der Waals surface area contributed by atoms with E-state index in [1.165, 1.54) is 6.07 Å². The van der Waals surface area contributed by atoms with Crippen molar-refractivity contribution in [1.29, 1.82) is 0 Å². The number of rotatable bonds is 5. The van der Waals surface area contributed by atoms with Crippen LogP contribution in [0.2, 0.25) is 0 Å². The third-order valence-corrected chi connectivity index (χ3v) is 4.13. The molecule has 0 aromatic heterocycles. The smallest absolute Gasteiger partial charge is 0.311 e. The van der Waals surface area contributed by atoms with E-state index in [0.29, 0.717) is 5.56 Å². The maximum Gasteiger partial charge on any atom is 0.416 e. The van der Waals surface area contributed by atoms with Crippen molar-refractivity contribution in [2.24, 2.45) is 0 Å². The molecular formula is C14H18F3NO3S. The van der Waals surface area contributed by atoms with E-state index in [4.69, 9.17) is 4.18 Å². The van der Waals surface area contributed by atoms with E-state index in [1.807, 2.05) is 0 Å². The van der Waals surface area contributed by atoms with E-state index in [1.54, 1.807) is 6.07 Å². The minimum absolute atomic E-state index is 0.106. The van der Waals surface area contributed by atoms with Crippen molar-refractivity contribution < 1.29 is 25.8 Å². The van der Waals surface area contributed by atoms with E-state index in [-0.39, 0.29) is 12.5 Å². The summed E-state index contributed by atoms with van der Waals surface area (Å²) in [5.41, 5.74) is -0.348. The molecule has 22 heavy (non-hydrogen) atoms. The monoisotopic (exact) mass is 337 g/mol. The minimum Gasteiger partial charge on any atom is -0.311 e. The zero-order valence-corrected chi connectivity index (χ0v) is 12.9. The van der Waals surface area contributed by atoms with Crippen LogP contribution in [0.1, 0.15) is 24.0 Å². The molecule has 0 aliphatic carbocycles. The summed E-state index contributed by atoms with van der Waals surface area (Å²) in [4.78, 5) is 0. The third kappa shape index (κ3) is 4.96. The van der Waals surface area contributed by atoms with Gasteiger partial charge in [-0.3, -0.25) is 4.18 Å². The molecule has 0 bridgehead atoms. The van der Waals surface area contributed by atoms with Crippen LogP contribution in [-0.2, 0) is 26.9 Å². The van der Waals surface area contributed by atoms with E-state index < -0.39 is 28.0 Å². The number of nitrogens with one attached hydrogen (secondary N) is 1. The highest BCUT2D eigenvalue weighted by atomic mass is 32.2. The van der Waals surface area contributed by atoms with E-state index in [0.717, 1.165) is 37.8 Å². The maximum atomic E-state index is 12.7. The highest BCUT2D eigenvalue weighted by Gasteiger charge is 2.32. The Labute approximate surface area is 127 Å². The van der Waals surface area contributed by atoms with Crippen LogP contribution in [0.4, 0.5) is 13.2 Å². The van der Waals surface area contributed by atoms with Gasteiger partial charge in [0.15, 0.2) is 0 Å². The Bertz CT molecular complexity index is 610. The molecule has 0 amide bonds. The summed E-state index contributed by atoms with van der Waals surface area (Å²) in [7, 11) is -3.68. The predicted octanol–water partition coefficient (Wildman–Crippen LogP) is 2.34. The standard InChI is InChI=1S/C14H18F3NO3S/c1-22(19,20)21-13(12-6-3-7-18-12)9-10-4-2-5-11(8-10)14(15,16)17/h2,4-5,8,12-13,18H,3,6-7,9H2,1H3/t12-,13?/m1/s1. The molecule has 1 fully saturated rings. The molecule has 1 aromatic carbocycles. The SMILES string of the molecule is CS(=O)(=O)OC(Cc1cccc(C(F)(F)F)c1)[C@H]1CCCN1. The first-order valence-corrected chi connectivity index (χ1v) is 8.74. The summed E-state index contributed by atoms with van der Waals surface area (Å²) in [5.74, 6) is 0. The molecule has 0 radical (unpaired) electrons. The lowest BCUT2D eigenvalue weighted by atomic mass is 9.99. The first-order chi connectivity index (χ1) is 10.1. The lowest BCUT2D eigenvalue weighted by Gasteiger charge is -2.23. The molecule has 0 saturated carbocycles. The number of hydrogen-bond acceptors (Lipinski definition) is 4. The van der Waals surface area contributed by atoms with Gasteiger partial charge in [-0.05, 0) is 31.0 Å². The Morgan fingerprint density at radius 3 is 2.68 bits per heavy atom. The quantitative estimate of drug-likeness (QED) is 0.838. The average molecular weight is 337 g/mol. The van der Waals surface area contributed by atoms with Gasteiger partial charge in [-0.1, -0.05) is 18.2 Å². The van der Waals surface area contributed by atoms with Crippen LogP contribution in [0.5, 0.6) is 0 Å². The fourth-order valence-electron chi connectivity index (χ4n) is 2.60.